The van der Waals surface area contributed by atoms with Crippen molar-refractivity contribution in [1.29, 1.82) is 0 Å². The van der Waals surface area contributed by atoms with Gasteiger partial charge in [-0.3, -0.25) is 4.98 Å². The summed E-state index contributed by atoms with van der Waals surface area (Å²) in [4.78, 5) is 11.4. The molecule has 3 heterocycles. The summed E-state index contributed by atoms with van der Waals surface area (Å²) in [6.07, 6.45) is 6.08. The van der Waals surface area contributed by atoms with E-state index in [1.165, 1.54) is 12.8 Å². The average molecular weight is 303 g/mol. The molecule has 0 aromatic carbocycles. The molecule has 120 valence electrons. The van der Waals surface area contributed by atoms with Crippen LogP contribution in [0.1, 0.15) is 47.5 Å². The topological polar surface area (TPSA) is 47.5 Å². The highest BCUT2D eigenvalue weighted by atomic mass is 16.7. The minimum atomic E-state index is -0.437. The maximum Gasteiger partial charge on any atom is 0.516 e. The van der Waals surface area contributed by atoms with Crippen molar-refractivity contribution in [3.63, 3.8) is 0 Å². The molecule has 22 heavy (non-hydrogen) atoms. The van der Waals surface area contributed by atoms with Crippen LogP contribution in [0.25, 0.3) is 0 Å². The van der Waals surface area contributed by atoms with Crippen LogP contribution < -0.4 is 10.5 Å². The normalized spacial score (nSPS) is 24.8. The summed E-state index contributed by atoms with van der Waals surface area (Å²) in [5.41, 5.74) is 0.0509. The fourth-order valence-electron chi connectivity index (χ4n) is 2.82. The zero-order chi connectivity index (χ0) is 16.0. The molecule has 0 amide bonds. The second kappa shape index (κ2) is 5.50. The first-order valence-electron chi connectivity index (χ1n) is 8.21. The van der Waals surface area contributed by atoms with Crippen LogP contribution in [-0.4, -0.2) is 41.4 Å². The second-order valence-electron chi connectivity index (χ2n) is 7.56. The van der Waals surface area contributed by atoms with E-state index in [4.69, 9.17) is 9.31 Å². The van der Waals surface area contributed by atoms with Crippen molar-refractivity contribution in [1.82, 2.24) is 9.97 Å². The van der Waals surface area contributed by atoms with Crippen molar-refractivity contribution in [2.75, 3.05) is 18.0 Å². The first-order chi connectivity index (χ1) is 10.3. The van der Waals surface area contributed by atoms with E-state index in [0.717, 1.165) is 30.4 Å². The third-order valence-corrected chi connectivity index (χ3v) is 5.26. The van der Waals surface area contributed by atoms with E-state index in [1.807, 2.05) is 33.9 Å². The van der Waals surface area contributed by atoms with Gasteiger partial charge < -0.3 is 14.2 Å². The second-order valence-corrected chi connectivity index (χ2v) is 7.56. The molecule has 0 bridgehead atoms. The SMILES string of the molecule is CC1CCN(c2cnc(B3OC(C)(C)C(C)(C)O3)cn2)CC1. The Morgan fingerprint density at radius 3 is 2.14 bits per heavy atom. The standard InChI is InChI=1S/C16H26BN3O2/c1-12-6-8-20(9-7-12)14-11-18-13(10-19-14)17-21-15(2,3)16(4,5)22-17/h10-12H,6-9H2,1-5H3. The molecule has 2 saturated heterocycles. The molecule has 5 nitrogen and oxygen atoms in total. The van der Waals surface area contributed by atoms with Gasteiger partial charge >= 0.3 is 7.12 Å². The van der Waals surface area contributed by atoms with Gasteiger partial charge in [-0.15, -0.1) is 0 Å². The average Bonchev–Trinajstić information content (AvgIpc) is 2.68. The quantitative estimate of drug-likeness (QED) is 0.782. The molecular weight excluding hydrogens is 277 g/mol. The molecule has 2 fully saturated rings. The number of rotatable bonds is 2. The van der Waals surface area contributed by atoms with Gasteiger partial charge in [-0.2, -0.15) is 0 Å². The summed E-state index contributed by atoms with van der Waals surface area (Å²) in [5, 5.41) is 0. The lowest BCUT2D eigenvalue weighted by Gasteiger charge is -2.32. The molecular formula is C16H26BN3O2. The zero-order valence-electron chi connectivity index (χ0n) is 14.3. The Kier molecular flexibility index (Phi) is 3.93. The van der Waals surface area contributed by atoms with Gasteiger partial charge in [-0.25, -0.2) is 4.98 Å². The Hall–Kier alpha value is -1.14. The van der Waals surface area contributed by atoms with E-state index < -0.39 is 7.12 Å². The molecule has 0 radical (unpaired) electrons. The molecule has 3 rings (SSSR count). The maximum atomic E-state index is 6.01. The lowest BCUT2D eigenvalue weighted by atomic mass is 9.85. The van der Waals surface area contributed by atoms with E-state index in [2.05, 4.69) is 21.8 Å². The summed E-state index contributed by atoms with van der Waals surface area (Å²) in [7, 11) is -0.437. The van der Waals surface area contributed by atoms with Crippen LogP contribution in [0.3, 0.4) is 0 Å². The van der Waals surface area contributed by atoms with Gasteiger partial charge in [0.2, 0.25) is 0 Å². The van der Waals surface area contributed by atoms with Crippen molar-refractivity contribution in [2.24, 2.45) is 5.92 Å². The van der Waals surface area contributed by atoms with E-state index in [-0.39, 0.29) is 11.2 Å². The molecule has 2 aliphatic rings. The van der Waals surface area contributed by atoms with Gasteiger partial charge in [-0.1, -0.05) is 6.92 Å². The van der Waals surface area contributed by atoms with Crippen molar-refractivity contribution >= 4 is 18.5 Å². The molecule has 0 aliphatic carbocycles. The summed E-state index contributed by atoms with van der Waals surface area (Å²) in [6, 6.07) is 0. The van der Waals surface area contributed by atoms with Crippen molar-refractivity contribution in [2.45, 2.75) is 58.7 Å². The van der Waals surface area contributed by atoms with Crippen molar-refractivity contribution < 1.29 is 9.31 Å². The monoisotopic (exact) mass is 303 g/mol. The van der Waals surface area contributed by atoms with Gasteiger partial charge in [-0.05, 0) is 46.5 Å². The van der Waals surface area contributed by atoms with Gasteiger partial charge in [0.1, 0.15) is 5.82 Å². The summed E-state index contributed by atoms with van der Waals surface area (Å²) in [5.74, 6) is 1.76. The highest BCUT2D eigenvalue weighted by molar-refractivity contribution is 6.61. The number of piperidine rings is 1. The fourth-order valence-corrected chi connectivity index (χ4v) is 2.82. The Balaban J connectivity index is 1.70. The van der Waals surface area contributed by atoms with Gasteiger partial charge in [0.25, 0.3) is 0 Å². The minimum Gasteiger partial charge on any atom is -0.398 e. The Morgan fingerprint density at radius 1 is 1.05 bits per heavy atom. The van der Waals surface area contributed by atoms with Crippen LogP contribution in [0.5, 0.6) is 0 Å². The Bertz CT molecular complexity index is 509. The first kappa shape index (κ1) is 15.7. The van der Waals surface area contributed by atoms with Gasteiger partial charge in [0.05, 0.1) is 23.0 Å². The van der Waals surface area contributed by atoms with E-state index in [1.54, 1.807) is 6.20 Å². The van der Waals surface area contributed by atoms with E-state index >= 15 is 0 Å². The third kappa shape index (κ3) is 2.86. The fraction of sp³-hybridized carbons (Fsp3) is 0.750. The number of nitrogens with zero attached hydrogens (tertiary/aromatic N) is 3. The Labute approximate surface area is 133 Å². The van der Waals surface area contributed by atoms with Crippen LogP contribution in [0, 0.1) is 5.92 Å². The van der Waals surface area contributed by atoms with Crippen LogP contribution >= 0.6 is 0 Å². The molecule has 1 aromatic rings. The maximum absolute atomic E-state index is 6.01. The lowest BCUT2D eigenvalue weighted by molar-refractivity contribution is 0.00578. The summed E-state index contributed by atoms with van der Waals surface area (Å²) in [6.45, 7) is 12.6. The molecule has 0 spiro atoms. The Morgan fingerprint density at radius 2 is 1.64 bits per heavy atom. The molecule has 0 saturated carbocycles. The predicted molar refractivity (Wildman–Crippen MR) is 88.4 cm³/mol. The predicted octanol–water partition coefficient (Wildman–Crippen LogP) is 2.01. The highest BCUT2D eigenvalue weighted by Gasteiger charge is 2.52. The van der Waals surface area contributed by atoms with Crippen molar-refractivity contribution in [3.05, 3.63) is 12.4 Å². The van der Waals surface area contributed by atoms with Crippen LogP contribution in [0.2, 0.25) is 0 Å². The zero-order valence-corrected chi connectivity index (χ0v) is 14.3. The van der Waals surface area contributed by atoms with E-state index in [0.29, 0.717) is 0 Å². The highest BCUT2D eigenvalue weighted by Crippen LogP contribution is 2.36. The van der Waals surface area contributed by atoms with Gasteiger partial charge in [0, 0.05) is 19.3 Å². The molecule has 0 unspecified atom stereocenters. The number of aromatic nitrogens is 2. The number of anilines is 1. The lowest BCUT2D eigenvalue weighted by Crippen LogP contribution is -2.41. The van der Waals surface area contributed by atoms with Crippen LogP contribution in [-0.2, 0) is 9.31 Å². The van der Waals surface area contributed by atoms with Gasteiger partial charge in [0.15, 0.2) is 0 Å². The molecule has 0 N–H and O–H groups in total. The smallest absolute Gasteiger partial charge is 0.398 e. The number of hydrogen-bond donors (Lipinski definition) is 0. The first-order valence-corrected chi connectivity index (χ1v) is 8.21. The summed E-state index contributed by atoms with van der Waals surface area (Å²) >= 11 is 0. The van der Waals surface area contributed by atoms with E-state index in [9.17, 15) is 0 Å². The van der Waals surface area contributed by atoms with Crippen LogP contribution in [0.15, 0.2) is 12.4 Å². The molecule has 6 heteroatoms. The van der Waals surface area contributed by atoms with Crippen LogP contribution in [0.4, 0.5) is 5.82 Å². The number of hydrogen-bond acceptors (Lipinski definition) is 5. The molecule has 2 aliphatic heterocycles. The minimum absolute atomic E-state index is 0.346. The summed E-state index contributed by atoms with van der Waals surface area (Å²) < 4.78 is 12.0. The molecule has 1 aromatic heterocycles. The third-order valence-electron chi connectivity index (χ3n) is 5.26. The molecule has 0 atom stereocenters. The van der Waals surface area contributed by atoms with Crippen molar-refractivity contribution in [3.8, 4) is 0 Å². The largest absolute Gasteiger partial charge is 0.516 e.